The summed E-state index contributed by atoms with van der Waals surface area (Å²) in [5.41, 5.74) is 0.534. The van der Waals surface area contributed by atoms with Crippen LogP contribution in [-0.2, 0) is 10.3 Å². The van der Waals surface area contributed by atoms with Gasteiger partial charge < -0.3 is 14.4 Å². The van der Waals surface area contributed by atoms with Crippen LogP contribution in [0.25, 0.3) is 0 Å². The van der Waals surface area contributed by atoms with Gasteiger partial charge in [0, 0.05) is 41.7 Å². The normalized spacial score (nSPS) is 17.0. The first-order valence-electron chi connectivity index (χ1n) is 12.8. The van der Waals surface area contributed by atoms with Crippen LogP contribution in [-0.4, -0.2) is 25.4 Å². The third-order valence-electron chi connectivity index (χ3n) is 7.39. The number of halogens is 4. The number of carbonyl (C=O) groups is 1. The number of ether oxygens (including phenoxy) is 2. The van der Waals surface area contributed by atoms with Gasteiger partial charge in [0.2, 0.25) is 0 Å². The third kappa shape index (κ3) is 3.89. The van der Waals surface area contributed by atoms with Crippen molar-refractivity contribution in [1.82, 2.24) is 0 Å². The summed E-state index contributed by atoms with van der Waals surface area (Å²) in [6.45, 7) is 5.58. The minimum absolute atomic E-state index is 0.0450. The minimum atomic E-state index is -4.78. The van der Waals surface area contributed by atoms with E-state index in [-0.39, 0.29) is 32.6 Å². The van der Waals surface area contributed by atoms with Crippen molar-refractivity contribution in [2.75, 3.05) is 22.9 Å². The molecule has 6 rings (SSSR count). The molecule has 2 heterocycles. The van der Waals surface area contributed by atoms with Crippen LogP contribution in [0, 0.1) is 0 Å². The third-order valence-corrected chi connectivity index (χ3v) is 7.67. The summed E-state index contributed by atoms with van der Waals surface area (Å²) >= 11 is 6.71. The molecule has 9 heteroatoms. The first kappa shape index (κ1) is 26.1. The van der Waals surface area contributed by atoms with Crippen LogP contribution in [0.4, 0.5) is 30.2 Å². The Morgan fingerprint density at radius 1 is 0.800 bits per heavy atom. The zero-order valence-corrected chi connectivity index (χ0v) is 22.4. The van der Waals surface area contributed by atoms with Crippen molar-refractivity contribution in [2.45, 2.75) is 25.7 Å². The van der Waals surface area contributed by atoms with Crippen LogP contribution in [0.3, 0.4) is 0 Å². The van der Waals surface area contributed by atoms with Crippen molar-refractivity contribution in [2.24, 2.45) is 0 Å². The van der Waals surface area contributed by atoms with Gasteiger partial charge in [0.1, 0.15) is 5.75 Å². The average molecular weight is 565 g/mol. The van der Waals surface area contributed by atoms with Crippen LogP contribution in [0.5, 0.6) is 11.5 Å². The van der Waals surface area contributed by atoms with Gasteiger partial charge in [-0.15, -0.1) is 13.2 Å². The van der Waals surface area contributed by atoms with Crippen LogP contribution in [0.2, 0.25) is 5.02 Å². The molecule has 0 aliphatic carbocycles. The van der Waals surface area contributed by atoms with E-state index in [0.717, 1.165) is 18.8 Å². The second-order valence-electron chi connectivity index (χ2n) is 9.51. The van der Waals surface area contributed by atoms with E-state index in [9.17, 15) is 18.0 Å². The van der Waals surface area contributed by atoms with Gasteiger partial charge in [-0.2, -0.15) is 0 Å². The fourth-order valence-electron chi connectivity index (χ4n) is 5.64. The second-order valence-corrected chi connectivity index (χ2v) is 9.92. The standard InChI is InChI=1S/C31H24ClF3N2O3/c1-3-36(4-2)20-14-15-24-27(18-20)39-28-25(30(24)23-13-9-8-12-22(23)29(38)40-30)16-21(17-26(28)32)37(31(33,34)35)19-10-6-5-7-11-19/h5-18H,3-4H2,1-2H3. The lowest BCUT2D eigenvalue weighted by molar-refractivity contribution is -0.120. The van der Waals surface area contributed by atoms with Crippen LogP contribution < -0.4 is 14.5 Å². The Balaban J connectivity index is 1.64. The molecule has 40 heavy (non-hydrogen) atoms. The summed E-state index contributed by atoms with van der Waals surface area (Å²) in [4.78, 5) is 15.6. The monoisotopic (exact) mass is 564 g/mol. The molecule has 204 valence electrons. The van der Waals surface area contributed by atoms with Gasteiger partial charge in [0.15, 0.2) is 11.4 Å². The maximum Gasteiger partial charge on any atom is 0.489 e. The highest BCUT2D eigenvalue weighted by atomic mass is 35.5. The Morgan fingerprint density at radius 2 is 1.50 bits per heavy atom. The van der Waals surface area contributed by atoms with E-state index in [1.165, 1.54) is 36.4 Å². The first-order chi connectivity index (χ1) is 19.2. The van der Waals surface area contributed by atoms with Crippen LogP contribution >= 0.6 is 11.6 Å². The van der Waals surface area contributed by atoms with Gasteiger partial charge in [0.25, 0.3) is 0 Å². The highest BCUT2D eigenvalue weighted by molar-refractivity contribution is 6.32. The topological polar surface area (TPSA) is 42.0 Å². The molecule has 0 saturated carbocycles. The van der Waals surface area contributed by atoms with E-state index in [2.05, 4.69) is 4.90 Å². The number of fused-ring (bicyclic) bond motifs is 6. The zero-order chi connectivity index (χ0) is 28.2. The lowest BCUT2D eigenvalue weighted by Gasteiger charge is -2.38. The molecule has 0 N–H and O–H groups in total. The van der Waals surface area contributed by atoms with E-state index in [0.29, 0.717) is 22.4 Å². The molecule has 0 radical (unpaired) electrons. The number of hydrogen-bond donors (Lipinski definition) is 0. The fourth-order valence-corrected chi connectivity index (χ4v) is 5.89. The van der Waals surface area contributed by atoms with Gasteiger partial charge in [-0.1, -0.05) is 48.0 Å². The van der Waals surface area contributed by atoms with Gasteiger partial charge in [0.05, 0.1) is 21.8 Å². The predicted molar refractivity (Wildman–Crippen MR) is 148 cm³/mol. The number of hydrogen-bond acceptors (Lipinski definition) is 5. The van der Waals surface area contributed by atoms with Crippen molar-refractivity contribution < 1.29 is 27.4 Å². The van der Waals surface area contributed by atoms with Crippen molar-refractivity contribution in [3.63, 3.8) is 0 Å². The Labute approximate surface area is 234 Å². The summed E-state index contributed by atoms with van der Waals surface area (Å²) < 4.78 is 56.0. The maximum absolute atomic E-state index is 14.5. The summed E-state index contributed by atoms with van der Waals surface area (Å²) in [5.74, 6) is -0.0411. The summed E-state index contributed by atoms with van der Waals surface area (Å²) in [5, 5.41) is -0.0450. The lowest BCUT2D eigenvalue weighted by atomic mass is 9.77. The van der Waals surface area contributed by atoms with Crippen LogP contribution in [0.15, 0.2) is 84.9 Å². The first-order valence-corrected chi connectivity index (χ1v) is 13.2. The quantitative estimate of drug-likeness (QED) is 0.180. The predicted octanol–water partition coefficient (Wildman–Crippen LogP) is 8.41. The summed E-state index contributed by atoms with van der Waals surface area (Å²) in [7, 11) is 0. The van der Waals surface area contributed by atoms with E-state index in [4.69, 9.17) is 21.1 Å². The molecule has 0 amide bonds. The molecule has 2 aliphatic rings. The number of carbonyl (C=O) groups excluding carboxylic acids is 1. The number of esters is 1. The molecule has 4 aromatic carbocycles. The largest absolute Gasteiger partial charge is 0.489 e. The molecule has 0 saturated heterocycles. The SMILES string of the molecule is CCN(CC)c1ccc2c(c1)Oc1c(Cl)cc(N(c3ccccc3)C(F)(F)F)cc1C21OC(=O)c2ccccc21. The smallest absolute Gasteiger partial charge is 0.455 e. The summed E-state index contributed by atoms with van der Waals surface area (Å²) in [6, 6.07) is 22.4. The molecule has 5 nitrogen and oxygen atoms in total. The van der Waals surface area contributed by atoms with Crippen LogP contribution in [0.1, 0.15) is 40.9 Å². The van der Waals surface area contributed by atoms with Gasteiger partial charge in [-0.3, -0.25) is 4.90 Å². The van der Waals surface area contributed by atoms with Crippen molar-refractivity contribution in [1.29, 1.82) is 0 Å². The number of nitrogens with zero attached hydrogens (tertiary/aromatic N) is 2. The Kier molecular flexibility index (Phi) is 6.18. The van der Waals surface area contributed by atoms with Crippen molar-refractivity contribution in [3.8, 4) is 11.5 Å². The minimum Gasteiger partial charge on any atom is -0.455 e. The molecule has 0 bridgehead atoms. The lowest BCUT2D eigenvalue weighted by Crippen LogP contribution is -2.36. The van der Waals surface area contributed by atoms with Gasteiger partial charge in [-0.25, -0.2) is 4.79 Å². The fraction of sp³-hybridized carbons (Fsp3) is 0.194. The molecule has 2 aliphatic heterocycles. The molecule has 0 fully saturated rings. The van der Waals surface area contributed by atoms with E-state index >= 15 is 0 Å². The van der Waals surface area contributed by atoms with E-state index in [1.807, 2.05) is 26.0 Å². The number of rotatable bonds is 5. The number of benzene rings is 4. The molecule has 0 aromatic heterocycles. The van der Waals surface area contributed by atoms with E-state index in [1.54, 1.807) is 36.4 Å². The highest BCUT2D eigenvalue weighted by Gasteiger charge is 2.54. The van der Waals surface area contributed by atoms with E-state index < -0.39 is 17.9 Å². The van der Waals surface area contributed by atoms with Crippen molar-refractivity contribution >= 4 is 34.6 Å². The maximum atomic E-state index is 14.5. The number of alkyl halides is 3. The van der Waals surface area contributed by atoms with Gasteiger partial charge >= 0.3 is 12.3 Å². The Hall–Kier alpha value is -4.17. The second kappa shape index (κ2) is 9.48. The molecule has 1 atom stereocenters. The Morgan fingerprint density at radius 3 is 2.20 bits per heavy atom. The van der Waals surface area contributed by atoms with Crippen molar-refractivity contribution in [3.05, 3.63) is 112 Å². The zero-order valence-electron chi connectivity index (χ0n) is 21.6. The molecule has 4 aromatic rings. The Bertz CT molecular complexity index is 1620. The number of para-hydroxylation sites is 1. The molecular formula is C31H24ClF3N2O3. The molecule has 1 spiro atoms. The average Bonchev–Trinajstić information content (AvgIpc) is 3.23. The summed E-state index contributed by atoms with van der Waals surface area (Å²) in [6.07, 6.45) is -4.78. The number of anilines is 3. The highest BCUT2D eigenvalue weighted by Crippen LogP contribution is 2.59. The van der Waals surface area contributed by atoms with Gasteiger partial charge in [-0.05, 0) is 56.3 Å². The molecule has 1 unspecified atom stereocenters. The molecular weight excluding hydrogens is 541 g/mol.